The van der Waals surface area contributed by atoms with E-state index in [1.165, 1.54) is 0 Å². The normalized spacial score (nSPS) is 11.9. The highest BCUT2D eigenvalue weighted by atomic mass is 32.3. The fourth-order valence-corrected chi connectivity index (χ4v) is 4.15. The summed E-state index contributed by atoms with van der Waals surface area (Å²) in [5.41, 5.74) is 1.67. The minimum Gasteiger partial charge on any atom is -0.493 e. The largest absolute Gasteiger partial charge is 0.493 e. The number of hydrogen-bond donors (Lipinski definition) is 2. The Morgan fingerprint density at radius 1 is 1.22 bits per heavy atom. The molecule has 2 rings (SSSR count). The van der Waals surface area contributed by atoms with E-state index in [-0.39, 0.29) is 10.8 Å². The van der Waals surface area contributed by atoms with Gasteiger partial charge in [-0.2, -0.15) is 8.42 Å². The summed E-state index contributed by atoms with van der Waals surface area (Å²) in [6.45, 7) is 6.12. The average Bonchev–Trinajstić information content (AvgIpc) is 2.86. The first-order valence-corrected chi connectivity index (χ1v) is 9.43. The van der Waals surface area contributed by atoms with Crippen LogP contribution in [0.15, 0.2) is 28.5 Å². The fraction of sp³-hybridized carbons (Fsp3) is 0.375. The van der Waals surface area contributed by atoms with Crippen molar-refractivity contribution in [1.82, 2.24) is 0 Å². The van der Waals surface area contributed by atoms with Gasteiger partial charge in [0.2, 0.25) is 0 Å². The predicted molar refractivity (Wildman–Crippen MR) is 90.6 cm³/mol. The first-order valence-electron chi connectivity index (χ1n) is 7.17. The Balaban J connectivity index is 2.59. The van der Waals surface area contributed by atoms with Gasteiger partial charge in [0.1, 0.15) is 5.75 Å². The minimum atomic E-state index is -4.31. The van der Waals surface area contributed by atoms with Crippen LogP contribution in [-0.2, 0) is 16.7 Å². The van der Waals surface area contributed by atoms with Crippen molar-refractivity contribution in [2.45, 2.75) is 31.6 Å². The van der Waals surface area contributed by atoms with Crippen LogP contribution in [0.5, 0.6) is 5.75 Å². The van der Waals surface area contributed by atoms with E-state index in [2.05, 4.69) is 0 Å². The zero-order valence-corrected chi connectivity index (χ0v) is 14.9. The molecule has 0 saturated carbocycles. The summed E-state index contributed by atoms with van der Waals surface area (Å²) >= 11 is 1.02. The van der Waals surface area contributed by atoms with Crippen LogP contribution in [0.4, 0.5) is 0 Å². The van der Waals surface area contributed by atoms with E-state index in [4.69, 9.17) is 4.74 Å². The second kappa shape index (κ2) is 7.00. The molecule has 1 aromatic heterocycles. The molecule has 0 amide bonds. The zero-order chi connectivity index (χ0) is 17.2. The first kappa shape index (κ1) is 17.9. The van der Waals surface area contributed by atoms with Gasteiger partial charge in [-0.1, -0.05) is 26.0 Å². The molecule has 0 saturated heterocycles. The van der Waals surface area contributed by atoms with E-state index in [0.717, 1.165) is 16.2 Å². The van der Waals surface area contributed by atoms with Crippen LogP contribution in [0.2, 0.25) is 0 Å². The molecule has 0 aliphatic carbocycles. The molecular formula is C16H20O5S2. The SMILES string of the molecule is Cc1cc(-c2ccc(CO)cc2OCC(C)C)c(S(=O)(=O)O)s1. The molecule has 0 radical (unpaired) electrons. The number of ether oxygens (including phenoxy) is 1. The Bertz CT molecular complexity index is 791. The van der Waals surface area contributed by atoms with Crippen molar-refractivity contribution in [2.75, 3.05) is 6.61 Å². The quantitative estimate of drug-likeness (QED) is 0.774. The Morgan fingerprint density at radius 2 is 1.91 bits per heavy atom. The van der Waals surface area contributed by atoms with Gasteiger partial charge in [0.15, 0.2) is 4.21 Å². The third kappa shape index (κ3) is 4.32. The van der Waals surface area contributed by atoms with Crippen molar-refractivity contribution >= 4 is 21.5 Å². The molecule has 7 heteroatoms. The number of benzene rings is 1. The topological polar surface area (TPSA) is 83.8 Å². The van der Waals surface area contributed by atoms with Crippen LogP contribution in [0, 0.1) is 12.8 Å². The lowest BCUT2D eigenvalue weighted by atomic mass is 10.0. The molecule has 1 aromatic carbocycles. The summed E-state index contributed by atoms with van der Waals surface area (Å²) in [5.74, 6) is 0.791. The Morgan fingerprint density at radius 3 is 2.48 bits per heavy atom. The first-order chi connectivity index (χ1) is 10.7. The third-order valence-electron chi connectivity index (χ3n) is 3.15. The summed E-state index contributed by atoms with van der Waals surface area (Å²) in [4.78, 5) is 0.772. The molecule has 2 N–H and O–H groups in total. The highest BCUT2D eigenvalue weighted by Crippen LogP contribution is 2.40. The van der Waals surface area contributed by atoms with Crippen molar-refractivity contribution in [3.05, 3.63) is 34.7 Å². The molecule has 5 nitrogen and oxygen atoms in total. The van der Waals surface area contributed by atoms with E-state index < -0.39 is 10.1 Å². The zero-order valence-electron chi connectivity index (χ0n) is 13.2. The third-order valence-corrected chi connectivity index (χ3v) is 5.56. The number of aliphatic hydroxyl groups is 1. The molecule has 0 fully saturated rings. The lowest BCUT2D eigenvalue weighted by Gasteiger charge is -2.14. The van der Waals surface area contributed by atoms with Gasteiger partial charge in [0.05, 0.1) is 13.2 Å². The van der Waals surface area contributed by atoms with Crippen LogP contribution in [0.3, 0.4) is 0 Å². The number of aryl methyl sites for hydroxylation is 1. The van der Waals surface area contributed by atoms with E-state index in [1.807, 2.05) is 13.8 Å². The lowest BCUT2D eigenvalue weighted by molar-refractivity contribution is 0.266. The van der Waals surface area contributed by atoms with Crippen LogP contribution >= 0.6 is 11.3 Å². The monoisotopic (exact) mass is 356 g/mol. The summed E-state index contributed by atoms with van der Waals surface area (Å²) in [6, 6.07) is 6.82. The molecule has 0 unspecified atom stereocenters. The summed E-state index contributed by atoms with van der Waals surface area (Å²) in [5, 5.41) is 9.30. The standard InChI is InChI=1S/C16H20O5S2/c1-10(2)9-21-15-7-12(8-17)4-5-13(15)14-6-11(3)22-16(14)23(18,19)20/h4-7,10,17H,8-9H2,1-3H3,(H,18,19,20). The van der Waals surface area contributed by atoms with Crippen LogP contribution in [-0.4, -0.2) is 24.7 Å². The molecule has 2 aromatic rings. The van der Waals surface area contributed by atoms with Gasteiger partial charge in [-0.05, 0) is 30.5 Å². The molecule has 126 valence electrons. The van der Waals surface area contributed by atoms with Gasteiger partial charge < -0.3 is 9.84 Å². The average molecular weight is 356 g/mol. The lowest BCUT2D eigenvalue weighted by Crippen LogP contribution is -2.06. The van der Waals surface area contributed by atoms with E-state index in [9.17, 15) is 18.1 Å². The van der Waals surface area contributed by atoms with E-state index in [1.54, 1.807) is 31.2 Å². The second-order valence-corrected chi connectivity index (χ2v) is 8.60. The molecule has 0 aliphatic rings. The van der Waals surface area contributed by atoms with Crippen molar-refractivity contribution in [3.63, 3.8) is 0 Å². The highest BCUT2D eigenvalue weighted by molar-refractivity contribution is 7.88. The number of aliphatic hydroxyl groups excluding tert-OH is 1. The smallest absolute Gasteiger partial charge is 0.304 e. The van der Waals surface area contributed by atoms with Gasteiger partial charge in [0, 0.05) is 16.0 Å². The van der Waals surface area contributed by atoms with Crippen LogP contribution < -0.4 is 4.74 Å². The van der Waals surface area contributed by atoms with E-state index in [0.29, 0.717) is 35.0 Å². The maximum atomic E-state index is 11.6. The Kier molecular flexibility index (Phi) is 5.46. The van der Waals surface area contributed by atoms with Gasteiger partial charge in [-0.25, -0.2) is 0 Å². The van der Waals surface area contributed by atoms with Crippen molar-refractivity contribution in [2.24, 2.45) is 5.92 Å². The van der Waals surface area contributed by atoms with E-state index >= 15 is 0 Å². The van der Waals surface area contributed by atoms with Gasteiger partial charge >= 0.3 is 10.1 Å². The maximum Gasteiger partial charge on any atom is 0.304 e. The van der Waals surface area contributed by atoms with Crippen LogP contribution in [0.25, 0.3) is 11.1 Å². The summed E-state index contributed by atoms with van der Waals surface area (Å²) in [7, 11) is -4.31. The van der Waals surface area contributed by atoms with Gasteiger partial charge in [-0.15, -0.1) is 11.3 Å². The molecule has 0 bridgehead atoms. The van der Waals surface area contributed by atoms with Crippen molar-refractivity contribution < 1.29 is 22.8 Å². The fourth-order valence-electron chi connectivity index (χ4n) is 2.14. The van der Waals surface area contributed by atoms with Crippen molar-refractivity contribution in [3.8, 4) is 16.9 Å². The van der Waals surface area contributed by atoms with Crippen LogP contribution in [0.1, 0.15) is 24.3 Å². The maximum absolute atomic E-state index is 11.6. The molecule has 23 heavy (non-hydrogen) atoms. The predicted octanol–water partition coefficient (Wildman–Crippen LogP) is 3.50. The summed E-state index contributed by atoms with van der Waals surface area (Å²) < 4.78 is 38.4. The molecule has 0 spiro atoms. The number of hydrogen-bond acceptors (Lipinski definition) is 5. The molecular weight excluding hydrogens is 336 g/mol. The Labute approximate surface area is 140 Å². The number of rotatable bonds is 6. The highest BCUT2D eigenvalue weighted by Gasteiger charge is 2.22. The van der Waals surface area contributed by atoms with Gasteiger partial charge in [0.25, 0.3) is 0 Å². The van der Waals surface area contributed by atoms with Gasteiger partial charge in [-0.3, -0.25) is 4.55 Å². The second-order valence-electron chi connectivity index (χ2n) is 5.73. The molecule has 0 aliphatic heterocycles. The molecule has 1 heterocycles. The molecule has 0 atom stereocenters. The Hall–Kier alpha value is -1.41. The minimum absolute atomic E-state index is 0.0962. The number of thiophene rings is 1. The summed E-state index contributed by atoms with van der Waals surface area (Å²) in [6.07, 6.45) is 0. The van der Waals surface area contributed by atoms with Crippen molar-refractivity contribution in [1.29, 1.82) is 0 Å².